The molecule has 0 spiro atoms. The highest BCUT2D eigenvalue weighted by Gasteiger charge is 2.20. The first-order valence-electron chi connectivity index (χ1n) is 10.2. The van der Waals surface area contributed by atoms with E-state index in [-0.39, 0.29) is 17.8 Å². The molecule has 2 aromatic carbocycles. The molecule has 0 unspecified atom stereocenters. The SMILES string of the molecule is CCCCOC(=O)C(C)=Cc1c(-c2ccc(F)cc2)c2ccccc2n1C(C)C. The van der Waals surface area contributed by atoms with Crippen molar-refractivity contribution in [3.8, 4) is 11.1 Å². The molecule has 1 heterocycles. The van der Waals surface area contributed by atoms with Crippen LogP contribution in [0.3, 0.4) is 0 Å². The summed E-state index contributed by atoms with van der Waals surface area (Å²) in [5.41, 5.74) is 4.47. The maximum Gasteiger partial charge on any atom is 0.333 e. The monoisotopic (exact) mass is 393 g/mol. The molecule has 0 fully saturated rings. The van der Waals surface area contributed by atoms with Crippen LogP contribution in [0.15, 0.2) is 54.1 Å². The van der Waals surface area contributed by atoms with Gasteiger partial charge in [-0.1, -0.05) is 43.7 Å². The summed E-state index contributed by atoms with van der Waals surface area (Å²) in [5, 5.41) is 1.08. The third-order valence-electron chi connectivity index (χ3n) is 5.00. The number of unbranched alkanes of at least 4 members (excludes halogenated alkanes) is 1. The van der Waals surface area contributed by atoms with Crippen LogP contribution in [0, 0.1) is 5.82 Å². The predicted molar refractivity (Wildman–Crippen MR) is 117 cm³/mol. The van der Waals surface area contributed by atoms with Crippen molar-refractivity contribution in [2.45, 2.75) is 46.6 Å². The number of aromatic nitrogens is 1. The van der Waals surface area contributed by atoms with Gasteiger partial charge in [-0.2, -0.15) is 0 Å². The summed E-state index contributed by atoms with van der Waals surface area (Å²) in [6.07, 6.45) is 3.73. The Morgan fingerprint density at radius 3 is 2.48 bits per heavy atom. The molecule has 0 saturated heterocycles. The highest BCUT2D eigenvalue weighted by atomic mass is 19.1. The Kier molecular flexibility index (Phi) is 6.53. The largest absolute Gasteiger partial charge is 0.462 e. The van der Waals surface area contributed by atoms with Crippen LogP contribution < -0.4 is 0 Å². The van der Waals surface area contributed by atoms with Gasteiger partial charge in [0.1, 0.15) is 5.82 Å². The van der Waals surface area contributed by atoms with Crippen molar-refractivity contribution in [1.29, 1.82) is 0 Å². The topological polar surface area (TPSA) is 31.2 Å². The summed E-state index contributed by atoms with van der Waals surface area (Å²) in [6.45, 7) is 8.51. The number of hydrogen-bond donors (Lipinski definition) is 0. The van der Waals surface area contributed by atoms with E-state index in [1.807, 2.05) is 18.2 Å². The van der Waals surface area contributed by atoms with E-state index in [4.69, 9.17) is 4.74 Å². The van der Waals surface area contributed by atoms with Crippen molar-refractivity contribution < 1.29 is 13.9 Å². The van der Waals surface area contributed by atoms with Gasteiger partial charge in [0, 0.05) is 28.1 Å². The van der Waals surface area contributed by atoms with Crippen molar-refractivity contribution in [3.05, 3.63) is 65.6 Å². The molecule has 0 aliphatic carbocycles. The van der Waals surface area contributed by atoms with Crippen LogP contribution in [0.25, 0.3) is 28.1 Å². The number of rotatable bonds is 7. The zero-order valence-electron chi connectivity index (χ0n) is 17.5. The van der Waals surface area contributed by atoms with Gasteiger partial charge in [0.15, 0.2) is 0 Å². The maximum atomic E-state index is 13.5. The van der Waals surface area contributed by atoms with Crippen molar-refractivity contribution in [1.82, 2.24) is 4.57 Å². The fourth-order valence-corrected chi connectivity index (χ4v) is 3.59. The van der Waals surface area contributed by atoms with Crippen LogP contribution in [0.5, 0.6) is 0 Å². The van der Waals surface area contributed by atoms with Crippen LogP contribution in [-0.4, -0.2) is 17.1 Å². The molecule has 0 bridgehead atoms. The smallest absolute Gasteiger partial charge is 0.333 e. The molecule has 0 N–H and O–H groups in total. The van der Waals surface area contributed by atoms with Crippen molar-refractivity contribution >= 4 is 22.9 Å². The minimum absolute atomic E-state index is 0.185. The molecule has 0 radical (unpaired) electrons. The molecule has 1 aromatic heterocycles. The van der Waals surface area contributed by atoms with Crippen LogP contribution in [-0.2, 0) is 9.53 Å². The molecule has 0 amide bonds. The normalized spacial score (nSPS) is 12.0. The number of nitrogens with zero attached hydrogens (tertiary/aromatic N) is 1. The molecule has 152 valence electrons. The van der Waals surface area contributed by atoms with Gasteiger partial charge in [0.25, 0.3) is 0 Å². The minimum Gasteiger partial charge on any atom is -0.462 e. The Morgan fingerprint density at radius 2 is 1.83 bits per heavy atom. The van der Waals surface area contributed by atoms with Gasteiger partial charge >= 0.3 is 5.97 Å². The summed E-state index contributed by atoms with van der Waals surface area (Å²) < 4.78 is 21.1. The van der Waals surface area contributed by atoms with Gasteiger partial charge in [-0.3, -0.25) is 0 Å². The highest BCUT2D eigenvalue weighted by Crippen LogP contribution is 2.38. The lowest BCUT2D eigenvalue weighted by Crippen LogP contribution is -2.08. The molecule has 3 nitrogen and oxygen atoms in total. The van der Waals surface area contributed by atoms with Gasteiger partial charge in [-0.15, -0.1) is 0 Å². The van der Waals surface area contributed by atoms with E-state index in [0.29, 0.717) is 12.2 Å². The second kappa shape index (κ2) is 9.08. The summed E-state index contributed by atoms with van der Waals surface area (Å²) in [7, 11) is 0. The van der Waals surface area contributed by atoms with Gasteiger partial charge in [-0.05, 0) is 57.0 Å². The number of benzene rings is 2. The number of carbonyl (C=O) groups is 1. The first-order valence-corrected chi connectivity index (χ1v) is 10.2. The molecule has 3 rings (SSSR count). The molecule has 29 heavy (non-hydrogen) atoms. The quantitative estimate of drug-likeness (QED) is 0.252. The lowest BCUT2D eigenvalue weighted by atomic mass is 10.0. The number of hydrogen-bond acceptors (Lipinski definition) is 2. The van der Waals surface area contributed by atoms with Crippen LogP contribution in [0.2, 0.25) is 0 Å². The second-order valence-corrected chi connectivity index (χ2v) is 7.56. The molecule has 3 aromatic rings. The van der Waals surface area contributed by atoms with E-state index < -0.39 is 0 Å². The maximum absolute atomic E-state index is 13.5. The van der Waals surface area contributed by atoms with E-state index in [1.165, 1.54) is 12.1 Å². The molecule has 0 aliphatic rings. The second-order valence-electron chi connectivity index (χ2n) is 7.56. The van der Waals surface area contributed by atoms with E-state index in [2.05, 4.69) is 37.5 Å². The number of halogens is 1. The van der Waals surface area contributed by atoms with Crippen LogP contribution in [0.4, 0.5) is 4.39 Å². The minimum atomic E-state index is -0.302. The average Bonchev–Trinajstić information content (AvgIpc) is 3.02. The first-order chi connectivity index (χ1) is 13.9. The number of ether oxygens (including phenoxy) is 1. The van der Waals surface area contributed by atoms with Gasteiger partial charge < -0.3 is 9.30 Å². The summed E-state index contributed by atoms with van der Waals surface area (Å²) in [4.78, 5) is 12.5. The van der Waals surface area contributed by atoms with Crippen LogP contribution in [0.1, 0.15) is 52.3 Å². The molecule has 0 atom stereocenters. The summed E-state index contributed by atoms with van der Waals surface area (Å²) in [5.74, 6) is -0.571. The Morgan fingerprint density at radius 1 is 1.14 bits per heavy atom. The van der Waals surface area contributed by atoms with Crippen molar-refractivity contribution in [2.24, 2.45) is 0 Å². The Labute approximate surface area is 171 Å². The van der Waals surface area contributed by atoms with Crippen molar-refractivity contribution in [2.75, 3.05) is 6.61 Å². The first kappa shape index (κ1) is 20.8. The van der Waals surface area contributed by atoms with E-state index in [1.54, 1.807) is 19.1 Å². The third kappa shape index (κ3) is 4.42. The number of para-hydroxylation sites is 1. The Bertz CT molecular complexity index is 1030. The van der Waals surface area contributed by atoms with E-state index >= 15 is 0 Å². The fourth-order valence-electron chi connectivity index (χ4n) is 3.59. The van der Waals surface area contributed by atoms with E-state index in [9.17, 15) is 9.18 Å². The summed E-state index contributed by atoms with van der Waals surface area (Å²) in [6, 6.07) is 14.8. The lowest BCUT2D eigenvalue weighted by molar-refractivity contribution is -0.138. The number of fused-ring (bicyclic) bond motifs is 1. The zero-order valence-corrected chi connectivity index (χ0v) is 17.5. The fraction of sp³-hybridized carbons (Fsp3) is 0.320. The van der Waals surface area contributed by atoms with Gasteiger partial charge in [0.2, 0.25) is 0 Å². The number of carbonyl (C=O) groups excluding carboxylic acids is 1. The van der Waals surface area contributed by atoms with Crippen LogP contribution >= 0.6 is 0 Å². The Balaban J connectivity index is 2.20. The molecule has 0 saturated carbocycles. The third-order valence-corrected chi connectivity index (χ3v) is 5.00. The summed E-state index contributed by atoms with van der Waals surface area (Å²) >= 11 is 0. The Hall–Kier alpha value is -2.88. The molecular formula is C25H28FNO2. The van der Waals surface area contributed by atoms with E-state index in [0.717, 1.165) is 40.6 Å². The van der Waals surface area contributed by atoms with Gasteiger partial charge in [-0.25, -0.2) is 9.18 Å². The lowest BCUT2D eigenvalue weighted by Gasteiger charge is -2.14. The number of esters is 1. The highest BCUT2D eigenvalue weighted by molar-refractivity contribution is 6.03. The van der Waals surface area contributed by atoms with Gasteiger partial charge in [0.05, 0.1) is 12.3 Å². The average molecular weight is 394 g/mol. The standard InChI is InChI=1S/C25H28FNO2/c1-5-6-15-29-25(28)18(4)16-23-24(19-11-13-20(26)14-12-19)21-9-7-8-10-22(21)27(23)17(2)3/h7-14,16-17H,5-6,15H2,1-4H3. The zero-order chi connectivity index (χ0) is 21.0. The molecule has 4 heteroatoms. The van der Waals surface area contributed by atoms with Crippen molar-refractivity contribution in [3.63, 3.8) is 0 Å². The molecule has 0 aliphatic heterocycles. The molecular weight excluding hydrogens is 365 g/mol. The predicted octanol–water partition coefficient (Wildman–Crippen LogP) is 6.77.